The highest BCUT2D eigenvalue weighted by Gasteiger charge is 2.36. The Balaban J connectivity index is 1.94. The van der Waals surface area contributed by atoms with Gasteiger partial charge in [-0.3, -0.25) is 0 Å². The van der Waals surface area contributed by atoms with E-state index in [9.17, 15) is 14.9 Å². The number of hydrogen-bond acceptors (Lipinski definition) is 4. The van der Waals surface area contributed by atoms with Crippen LogP contribution in [0, 0.1) is 11.3 Å². The molecule has 1 unspecified atom stereocenters. The van der Waals surface area contributed by atoms with Crippen molar-refractivity contribution in [2.75, 3.05) is 0 Å². The van der Waals surface area contributed by atoms with Crippen LogP contribution in [0.2, 0.25) is 0 Å². The Labute approximate surface area is 167 Å². The van der Waals surface area contributed by atoms with Crippen molar-refractivity contribution < 1.29 is 0 Å². The largest absolute Gasteiger partial charge is 0.383 e. The highest BCUT2D eigenvalue weighted by molar-refractivity contribution is 5.60. The third-order valence-electron chi connectivity index (χ3n) is 5.22. The molecule has 2 N–H and O–H groups in total. The van der Waals surface area contributed by atoms with Crippen molar-refractivity contribution in [1.29, 1.82) is 5.26 Å². The molecule has 1 aromatic heterocycles. The molecular weight excluding hydrogens is 366 g/mol. The minimum absolute atomic E-state index is 0.0199. The zero-order valence-electron chi connectivity index (χ0n) is 16.5. The van der Waals surface area contributed by atoms with E-state index in [0.29, 0.717) is 11.3 Å². The third-order valence-corrected chi connectivity index (χ3v) is 5.22. The van der Waals surface area contributed by atoms with Crippen LogP contribution in [-0.2, 0) is 5.41 Å². The Hall–Kier alpha value is -3.79. The van der Waals surface area contributed by atoms with Crippen molar-refractivity contribution in [3.8, 4) is 11.8 Å². The summed E-state index contributed by atoms with van der Waals surface area (Å²) in [6.45, 7) is 6.28. The molecular formula is C22H21N5O2. The molecule has 0 saturated carbocycles. The average Bonchev–Trinajstić information content (AvgIpc) is 3.14. The normalized spacial score (nSPS) is 16.0. The van der Waals surface area contributed by atoms with Gasteiger partial charge in [0.1, 0.15) is 23.5 Å². The van der Waals surface area contributed by atoms with Crippen LogP contribution in [-0.4, -0.2) is 13.9 Å². The average molecular weight is 387 g/mol. The smallest absolute Gasteiger partial charge is 0.358 e. The van der Waals surface area contributed by atoms with Gasteiger partial charge in [-0.05, 0) is 28.7 Å². The second-order valence-corrected chi connectivity index (χ2v) is 8.08. The summed E-state index contributed by atoms with van der Waals surface area (Å²) < 4.78 is 3.43. The van der Waals surface area contributed by atoms with Crippen molar-refractivity contribution in [2.45, 2.75) is 32.2 Å². The van der Waals surface area contributed by atoms with E-state index in [1.54, 1.807) is 24.3 Å². The van der Waals surface area contributed by atoms with E-state index in [-0.39, 0.29) is 16.8 Å². The van der Waals surface area contributed by atoms with Crippen LogP contribution in [0.5, 0.6) is 0 Å². The van der Waals surface area contributed by atoms with Crippen LogP contribution in [0.4, 0.5) is 0 Å². The first kappa shape index (κ1) is 18.6. The van der Waals surface area contributed by atoms with Crippen molar-refractivity contribution in [2.24, 2.45) is 5.73 Å². The second-order valence-electron chi connectivity index (χ2n) is 8.08. The van der Waals surface area contributed by atoms with E-state index in [1.165, 1.54) is 4.68 Å². The molecule has 0 spiro atoms. The molecule has 7 nitrogen and oxygen atoms in total. The van der Waals surface area contributed by atoms with Gasteiger partial charge in [-0.25, -0.2) is 18.8 Å². The maximum Gasteiger partial charge on any atom is 0.358 e. The predicted molar refractivity (Wildman–Crippen MR) is 111 cm³/mol. The maximum atomic E-state index is 13.3. The quantitative estimate of drug-likeness (QED) is 0.730. The van der Waals surface area contributed by atoms with Crippen LogP contribution >= 0.6 is 0 Å². The first-order valence-corrected chi connectivity index (χ1v) is 9.28. The Morgan fingerprint density at radius 2 is 1.59 bits per heavy atom. The fraction of sp³-hybridized carbons (Fsp3) is 0.227. The molecule has 1 aliphatic rings. The lowest BCUT2D eigenvalue weighted by molar-refractivity contribution is 0.554. The maximum absolute atomic E-state index is 13.3. The SMILES string of the molecule is CC(C)(C)c1ccc(-n2c(=O)n3n(c2=O)C(c2ccccc2)C(C#N)=C3N)cc1. The molecule has 0 fully saturated rings. The first-order valence-electron chi connectivity index (χ1n) is 9.28. The van der Waals surface area contributed by atoms with Crippen LogP contribution < -0.4 is 17.1 Å². The van der Waals surface area contributed by atoms with Gasteiger partial charge in [0.2, 0.25) is 0 Å². The molecule has 0 aliphatic carbocycles. The Morgan fingerprint density at radius 1 is 0.966 bits per heavy atom. The zero-order valence-corrected chi connectivity index (χ0v) is 16.5. The van der Waals surface area contributed by atoms with Crippen molar-refractivity contribution in [1.82, 2.24) is 13.9 Å². The number of aromatic nitrogens is 3. The van der Waals surface area contributed by atoms with Gasteiger partial charge in [0.05, 0.1) is 5.69 Å². The van der Waals surface area contributed by atoms with Crippen LogP contribution in [0.25, 0.3) is 11.5 Å². The summed E-state index contributed by atoms with van der Waals surface area (Å²) in [5, 5.41) is 9.61. The summed E-state index contributed by atoms with van der Waals surface area (Å²) in [7, 11) is 0. The van der Waals surface area contributed by atoms with E-state index in [4.69, 9.17) is 5.73 Å². The number of allylic oxidation sites excluding steroid dienone is 1. The topological polar surface area (TPSA) is 98.7 Å². The van der Waals surface area contributed by atoms with Crippen LogP contribution in [0.1, 0.15) is 37.9 Å². The number of nitrogens with zero attached hydrogens (tertiary/aromatic N) is 4. The molecule has 29 heavy (non-hydrogen) atoms. The van der Waals surface area contributed by atoms with E-state index in [0.717, 1.165) is 14.8 Å². The molecule has 4 rings (SSSR count). The van der Waals surface area contributed by atoms with Gasteiger partial charge in [-0.1, -0.05) is 63.2 Å². The second kappa shape index (κ2) is 6.38. The highest BCUT2D eigenvalue weighted by Crippen LogP contribution is 2.32. The molecule has 2 aromatic carbocycles. The summed E-state index contributed by atoms with van der Waals surface area (Å²) in [6, 6.07) is 17.7. The number of benzene rings is 2. The number of nitrogens with two attached hydrogens (primary N) is 1. The Morgan fingerprint density at radius 3 is 2.14 bits per heavy atom. The fourth-order valence-electron chi connectivity index (χ4n) is 3.67. The van der Waals surface area contributed by atoms with Gasteiger partial charge < -0.3 is 5.73 Å². The minimum atomic E-state index is -0.739. The lowest BCUT2D eigenvalue weighted by atomic mass is 9.87. The fourth-order valence-corrected chi connectivity index (χ4v) is 3.67. The van der Waals surface area contributed by atoms with Gasteiger partial charge in [0, 0.05) is 0 Å². The summed E-state index contributed by atoms with van der Waals surface area (Å²) in [4.78, 5) is 26.4. The third kappa shape index (κ3) is 2.72. The summed E-state index contributed by atoms with van der Waals surface area (Å²) in [6.07, 6.45) is 0. The first-order chi connectivity index (χ1) is 13.8. The standard InChI is InChI=1S/C22H21N5O2/c1-22(2,3)15-9-11-16(12-10-15)25-20(28)26-18(14-7-5-4-6-8-14)17(13-23)19(24)27(26)21(25)29/h4-12,18H,24H2,1-3H3. The molecule has 1 atom stereocenters. The van der Waals surface area contributed by atoms with E-state index < -0.39 is 17.4 Å². The van der Waals surface area contributed by atoms with E-state index >= 15 is 0 Å². The molecule has 3 aromatic rings. The Bertz CT molecular complexity index is 1280. The molecule has 146 valence electrons. The van der Waals surface area contributed by atoms with Crippen molar-refractivity contribution >= 4 is 5.82 Å². The lowest BCUT2D eigenvalue weighted by Gasteiger charge is -2.19. The Kier molecular flexibility index (Phi) is 4.09. The molecule has 7 heteroatoms. The predicted octanol–water partition coefficient (Wildman–Crippen LogP) is 2.35. The molecule has 0 saturated heterocycles. The van der Waals surface area contributed by atoms with Crippen molar-refractivity contribution in [3.63, 3.8) is 0 Å². The molecule has 1 aliphatic heterocycles. The van der Waals surface area contributed by atoms with E-state index in [2.05, 4.69) is 26.8 Å². The molecule has 0 bridgehead atoms. The minimum Gasteiger partial charge on any atom is -0.383 e. The molecule has 2 heterocycles. The number of hydrogen-bond donors (Lipinski definition) is 1. The van der Waals surface area contributed by atoms with Crippen molar-refractivity contribution in [3.05, 3.63) is 92.3 Å². The number of nitriles is 1. The molecule has 0 radical (unpaired) electrons. The van der Waals surface area contributed by atoms with Gasteiger partial charge >= 0.3 is 11.4 Å². The van der Waals surface area contributed by atoms with Crippen LogP contribution in [0.15, 0.2) is 69.8 Å². The summed E-state index contributed by atoms with van der Waals surface area (Å²) in [5.41, 5.74) is 7.38. The monoisotopic (exact) mass is 387 g/mol. The van der Waals surface area contributed by atoms with E-state index in [1.807, 2.05) is 30.3 Å². The van der Waals surface area contributed by atoms with Gasteiger partial charge in [0.15, 0.2) is 0 Å². The highest BCUT2D eigenvalue weighted by atomic mass is 16.2. The van der Waals surface area contributed by atoms with Gasteiger partial charge in [-0.2, -0.15) is 9.94 Å². The van der Waals surface area contributed by atoms with Gasteiger partial charge in [-0.15, -0.1) is 0 Å². The summed E-state index contributed by atoms with van der Waals surface area (Å²) >= 11 is 0. The zero-order chi connectivity index (χ0) is 20.9. The summed E-state index contributed by atoms with van der Waals surface area (Å²) in [5.74, 6) is -0.0199. The van der Waals surface area contributed by atoms with Crippen LogP contribution in [0.3, 0.4) is 0 Å². The lowest BCUT2D eigenvalue weighted by Crippen LogP contribution is -2.30. The number of fused-ring (bicyclic) bond motifs is 1. The molecule has 0 amide bonds. The van der Waals surface area contributed by atoms with Gasteiger partial charge in [0.25, 0.3) is 0 Å². The number of rotatable bonds is 2.